The fourth-order valence-electron chi connectivity index (χ4n) is 1.57. The number of hydrogen-bond donors (Lipinski definition) is 1. The van der Waals surface area contributed by atoms with Crippen LogP contribution in [-0.2, 0) is 13.5 Å². The maximum atomic E-state index is 9.97. The zero-order valence-corrected chi connectivity index (χ0v) is 9.72. The van der Waals surface area contributed by atoms with Gasteiger partial charge in [0.15, 0.2) is 0 Å². The Hall–Kier alpha value is -1.32. The SMILES string of the molecule is Cn1cc(C(O)Cc2ccc(Cl)cc2)cn1. The average molecular weight is 237 g/mol. The van der Waals surface area contributed by atoms with Crippen LogP contribution in [0, 0.1) is 0 Å². The zero-order valence-electron chi connectivity index (χ0n) is 8.97. The second-order valence-corrected chi connectivity index (χ2v) is 4.23. The maximum Gasteiger partial charge on any atom is 0.0860 e. The predicted molar refractivity (Wildman–Crippen MR) is 63.3 cm³/mol. The van der Waals surface area contributed by atoms with E-state index in [1.54, 1.807) is 10.9 Å². The minimum atomic E-state index is -0.519. The van der Waals surface area contributed by atoms with Gasteiger partial charge in [-0.1, -0.05) is 23.7 Å². The molecule has 3 nitrogen and oxygen atoms in total. The Morgan fingerprint density at radius 1 is 1.38 bits per heavy atom. The summed E-state index contributed by atoms with van der Waals surface area (Å²) < 4.78 is 1.68. The molecule has 4 heteroatoms. The van der Waals surface area contributed by atoms with E-state index in [9.17, 15) is 5.11 Å². The van der Waals surface area contributed by atoms with Gasteiger partial charge in [0.05, 0.1) is 12.3 Å². The Morgan fingerprint density at radius 3 is 2.62 bits per heavy atom. The van der Waals surface area contributed by atoms with Gasteiger partial charge in [0.2, 0.25) is 0 Å². The summed E-state index contributed by atoms with van der Waals surface area (Å²) in [5.74, 6) is 0. The monoisotopic (exact) mass is 236 g/mol. The molecule has 0 aliphatic rings. The van der Waals surface area contributed by atoms with Crippen LogP contribution in [-0.4, -0.2) is 14.9 Å². The van der Waals surface area contributed by atoms with E-state index in [1.807, 2.05) is 37.5 Å². The van der Waals surface area contributed by atoms with Crippen LogP contribution in [0.1, 0.15) is 17.2 Å². The first-order chi connectivity index (χ1) is 7.65. The van der Waals surface area contributed by atoms with Crippen molar-refractivity contribution in [2.45, 2.75) is 12.5 Å². The van der Waals surface area contributed by atoms with Gasteiger partial charge in [-0.05, 0) is 17.7 Å². The first-order valence-corrected chi connectivity index (χ1v) is 5.44. The molecule has 1 aromatic heterocycles. The average Bonchev–Trinajstić information content (AvgIpc) is 2.68. The van der Waals surface area contributed by atoms with Gasteiger partial charge in [0, 0.05) is 30.3 Å². The summed E-state index contributed by atoms with van der Waals surface area (Å²) in [5.41, 5.74) is 1.89. The van der Waals surface area contributed by atoms with Crippen molar-refractivity contribution in [2.24, 2.45) is 7.05 Å². The summed E-state index contributed by atoms with van der Waals surface area (Å²) in [6, 6.07) is 7.49. The Bertz CT molecular complexity index is 464. The highest BCUT2D eigenvalue weighted by Gasteiger charge is 2.10. The van der Waals surface area contributed by atoms with Gasteiger partial charge < -0.3 is 5.11 Å². The van der Waals surface area contributed by atoms with Gasteiger partial charge in [-0.3, -0.25) is 4.68 Å². The van der Waals surface area contributed by atoms with Crippen LogP contribution in [0.4, 0.5) is 0 Å². The lowest BCUT2D eigenvalue weighted by atomic mass is 10.0. The van der Waals surface area contributed by atoms with Crippen molar-refractivity contribution in [1.29, 1.82) is 0 Å². The molecule has 2 rings (SSSR count). The third kappa shape index (κ3) is 2.62. The molecule has 1 heterocycles. The molecule has 1 atom stereocenters. The number of aryl methyl sites for hydroxylation is 1. The van der Waals surface area contributed by atoms with E-state index >= 15 is 0 Å². The Labute approximate surface area is 99.3 Å². The molecule has 2 aromatic rings. The normalized spacial score (nSPS) is 12.7. The fraction of sp³-hybridized carbons (Fsp3) is 0.250. The van der Waals surface area contributed by atoms with Crippen LogP contribution < -0.4 is 0 Å². The summed E-state index contributed by atoms with van der Waals surface area (Å²) in [7, 11) is 1.83. The lowest BCUT2D eigenvalue weighted by molar-refractivity contribution is 0.178. The molecule has 1 aromatic carbocycles. The molecule has 0 saturated carbocycles. The molecule has 0 saturated heterocycles. The van der Waals surface area contributed by atoms with Gasteiger partial charge in [-0.25, -0.2) is 0 Å². The molecule has 0 amide bonds. The van der Waals surface area contributed by atoms with E-state index in [0.29, 0.717) is 11.4 Å². The third-order valence-corrected chi connectivity index (χ3v) is 2.70. The molecule has 0 radical (unpaired) electrons. The highest BCUT2D eigenvalue weighted by atomic mass is 35.5. The van der Waals surface area contributed by atoms with Crippen molar-refractivity contribution >= 4 is 11.6 Å². The van der Waals surface area contributed by atoms with Crippen molar-refractivity contribution in [2.75, 3.05) is 0 Å². The van der Waals surface area contributed by atoms with Crippen LogP contribution in [0.15, 0.2) is 36.7 Å². The third-order valence-electron chi connectivity index (χ3n) is 2.45. The number of nitrogens with zero attached hydrogens (tertiary/aromatic N) is 2. The zero-order chi connectivity index (χ0) is 11.5. The second kappa shape index (κ2) is 4.68. The van der Waals surface area contributed by atoms with Gasteiger partial charge in [-0.15, -0.1) is 0 Å². The lowest BCUT2D eigenvalue weighted by Gasteiger charge is -2.08. The summed E-state index contributed by atoms with van der Waals surface area (Å²) in [5, 5.41) is 14.7. The van der Waals surface area contributed by atoms with E-state index in [0.717, 1.165) is 11.1 Å². The molecule has 1 unspecified atom stereocenters. The molecular weight excluding hydrogens is 224 g/mol. The van der Waals surface area contributed by atoms with E-state index in [4.69, 9.17) is 11.6 Å². The van der Waals surface area contributed by atoms with Crippen LogP contribution in [0.25, 0.3) is 0 Å². The van der Waals surface area contributed by atoms with Crippen molar-refractivity contribution in [3.8, 4) is 0 Å². The maximum absolute atomic E-state index is 9.97. The molecule has 1 N–H and O–H groups in total. The summed E-state index contributed by atoms with van der Waals surface area (Å²) in [4.78, 5) is 0. The molecule has 0 aliphatic heterocycles. The molecule has 0 aliphatic carbocycles. The van der Waals surface area contributed by atoms with E-state index in [2.05, 4.69) is 5.10 Å². The molecule has 0 spiro atoms. The molecular formula is C12H13ClN2O. The van der Waals surface area contributed by atoms with Crippen molar-refractivity contribution in [3.63, 3.8) is 0 Å². The van der Waals surface area contributed by atoms with E-state index in [-0.39, 0.29) is 0 Å². The van der Waals surface area contributed by atoms with Gasteiger partial charge in [0.25, 0.3) is 0 Å². The van der Waals surface area contributed by atoms with E-state index < -0.39 is 6.10 Å². The summed E-state index contributed by atoms with van der Waals surface area (Å²) in [6.07, 6.45) is 3.55. The van der Waals surface area contributed by atoms with Gasteiger partial charge >= 0.3 is 0 Å². The first kappa shape index (κ1) is 11.2. The highest BCUT2D eigenvalue weighted by molar-refractivity contribution is 6.30. The molecule has 0 fully saturated rings. The minimum absolute atomic E-state index is 0.519. The lowest BCUT2D eigenvalue weighted by Crippen LogP contribution is -2.00. The number of halogens is 1. The number of rotatable bonds is 3. The summed E-state index contributed by atoms with van der Waals surface area (Å²) >= 11 is 5.79. The smallest absolute Gasteiger partial charge is 0.0860 e. The number of hydrogen-bond acceptors (Lipinski definition) is 2. The highest BCUT2D eigenvalue weighted by Crippen LogP contribution is 2.18. The Kier molecular flexibility index (Phi) is 3.27. The second-order valence-electron chi connectivity index (χ2n) is 3.79. The topological polar surface area (TPSA) is 38.0 Å². The fourth-order valence-corrected chi connectivity index (χ4v) is 1.70. The number of aliphatic hydroxyl groups is 1. The molecule has 84 valence electrons. The largest absolute Gasteiger partial charge is 0.388 e. The molecule has 16 heavy (non-hydrogen) atoms. The van der Waals surface area contributed by atoms with Crippen molar-refractivity contribution in [3.05, 3.63) is 52.8 Å². The number of benzene rings is 1. The Morgan fingerprint density at radius 2 is 2.06 bits per heavy atom. The predicted octanol–water partition coefficient (Wildman–Crippen LogP) is 2.35. The van der Waals surface area contributed by atoms with Gasteiger partial charge in [0.1, 0.15) is 0 Å². The van der Waals surface area contributed by atoms with Crippen molar-refractivity contribution in [1.82, 2.24) is 9.78 Å². The standard InChI is InChI=1S/C12H13ClN2O/c1-15-8-10(7-14-15)12(16)6-9-2-4-11(13)5-3-9/h2-5,7-8,12,16H,6H2,1H3. The Balaban J connectivity index is 2.07. The first-order valence-electron chi connectivity index (χ1n) is 5.06. The minimum Gasteiger partial charge on any atom is -0.388 e. The van der Waals surface area contributed by atoms with Crippen LogP contribution in [0.5, 0.6) is 0 Å². The molecule has 0 bridgehead atoms. The summed E-state index contributed by atoms with van der Waals surface area (Å²) in [6.45, 7) is 0. The quantitative estimate of drug-likeness (QED) is 0.889. The van der Waals surface area contributed by atoms with Crippen LogP contribution >= 0.6 is 11.6 Å². The van der Waals surface area contributed by atoms with Gasteiger partial charge in [-0.2, -0.15) is 5.10 Å². The number of aromatic nitrogens is 2. The van der Waals surface area contributed by atoms with Crippen LogP contribution in [0.3, 0.4) is 0 Å². The number of aliphatic hydroxyl groups excluding tert-OH is 1. The van der Waals surface area contributed by atoms with Crippen molar-refractivity contribution < 1.29 is 5.11 Å². The van der Waals surface area contributed by atoms with Crippen LogP contribution in [0.2, 0.25) is 5.02 Å². The van der Waals surface area contributed by atoms with E-state index in [1.165, 1.54) is 0 Å².